The van der Waals surface area contributed by atoms with Gasteiger partial charge in [0.05, 0.1) is 6.42 Å². The van der Waals surface area contributed by atoms with Crippen molar-refractivity contribution in [1.82, 2.24) is 5.32 Å². The van der Waals surface area contributed by atoms with E-state index in [1.165, 1.54) is 11.1 Å². The van der Waals surface area contributed by atoms with Crippen LogP contribution < -0.4 is 5.32 Å². The minimum Gasteiger partial charge on any atom is -0.481 e. The monoisotopic (exact) mass is 291 g/mol. The highest BCUT2D eigenvalue weighted by atomic mass is 16.4. The molecule has 4 nitrogen and oxygen atoms in total. The first-order valence-electron chi connectivity index (χ1n) is 7.53. The first kappa shape index (κ1) is 17.2. The molecule has 0 fully saturated rings. The average Bonchev–Trinajstić information content (AvgIpc) is 2.41. The fourth-order valence-corrected chi connectivity index (χ4v) is 2.14. The highest BCUT2D eigenvalue weighted by Gasteiger charge is 2.04. The summed E-state index contributed by atoms with van der Waals surface area (Å²) in [5.74, 6) is -0.694. The van der Waals surface area contributed by atoms with Gasteiger partial charge in [-0.3, -0.25) is 9.59 Å². The summed E-state index contributed by atoms with van der Waals surface area (Å²) >= 11 is 0. The number of benzene rings is 1. The van der Waals surface area contributed by atoms with Gasteiger partial charge in [0.25, 0.3) is 0 Å². The quantitative estimate of drug-likeness (QED) is 0.687. The largest absolute Gasteiger partial charge is 0.481 e. The first-order chi connectivity index (χ1) is 9.99. The number of amides is 1. The molecule has 0 atom stereocenters. The number of hydrogen-bond acceptors (Lipinski definition) is 2. The Labute approximate surface area is 126 Å². The van der Waals surface area contributed by atoms with Gasteiger partial charge in [-0.25, -0.2) is 0 Å². The maximum Gasteiger partial charge on any atom is 0.303 e. The number of carbonyl (C=O) groups excluding carboxylic acids is 1. The van der Waals surface area contributed by atoms with E-state index in [1.54, 1.807) is 0 Å². The third kappa shape index (κ3) is 7.49. The van der Waals surface area contributed by atoms with Gasteiger partial charge >= 0.3 is 5.97 Å². The predicted molar refractivity (Wildman–Crippen MR) is 83.4 cm³/mol. The smallest absolute Gasteiger partial charge is 0.303 e. The molecule has 0 spiro atoms. The molecular formula is C17H25NO3. The third-order valence-corrected chi connectivity index (χ3v) is 3.58. The maximum atomic E-state index is 11.8. The van der Waals surface area contributed by atoms with Crippen LogP contribution in [0.5, 0.6) is 0 Å². The summed E-state index contributed by atoms with van der Waals surface area (Å²) in [6, 6.07) is 6.09. The molecule has 0 heterocycles. The molecule has 21 heavy (non-hydrogen) atoms. The lowest BCUT2D eigenvalue weighted by molar-refractivity contribution is -0.137. The van der Waals surface area contributed by atoms with Crippen molar-refractivity contribution in [2.24, 2.45) is 0 Å². The van der Waals surface area contributed by atoms with Crippen molar-refractivity contribution < 1.29 is 14.7 Å². The van der Waals surface area contributed by atoms with E-state index in [0.717, 1.165) is 24.8 Å². The van der Waals surface area contributed by atoms with Crippen LogP contribution in [0, 0.1) is 13.8 Å². The minimum atomic E-state index is -0.739. The van der Waals surface area contributed by atoms with Crippen LogP contribution in [-0.4, -0.2) is 23.5 Å². The van der Waals surface area contributed by atoms with Gasteiger partial charge in [-0.1, -0.05) is 31.0 Å². The van der Waals surface area contributed by atoms with Gasteiger partial charge in [0.1, 0.15) is 0 Å². The van der Waals surface area contributed by atoms with Gasteiger partial charge in [0, 0.05) is 13.0 Å². The van der Waals surface area contributed by atoms with Crippen LogP contribution >= 0.6 is 0 Å². The number of rotatable bonds is 9. The zero-order valence-corrected chi connectivity index (χ0v) is 12.9. The molecule has 0 aromatic heterocycles. The summed E-state index contributed by atoms with van der Waals surface area (Å²) in [7, 11) is 0. The van der Waals surface area contributed by atoms with E-state index in [-0.39, 0.29) is 12.3 Å². The molecule has 1 amide bonds. The maximum absolute atomic E-state index is 11.8. The average molecular weight is 291 g/mol. The van der Waals surface area contributed by atoms with Crippen molar-refractivity contribution in [1.29, 1.82) is 0 Å². The number of carboxylic acid groups (broad SMARTS) is 1. The van der Waals surface area contributed by atoms with Crippen LogP contribution in [0.4, 0.5) is 0 Å². The van der Waals surface area contributed by atoms with Crippen LogP contribution in [0.25, 0.3) is 0 Å². The number of carboxylic acids is 1. The van der Waals surface area contributed by atoms with E-state index >= 15 is 0 Å². The summed E-state index contributed by atoms with van der Waals surface area (Å²) in [4.78, 5) is 22.1. The molecule has 0 bridgehead atoms. The second-order valence-electron chi connectivity index (χ2n) is 5.50. The second-order valence-corrected chi connectivity index (χ2v) is 5.50. The predicted octanol–water partition coefficient (Wildman–Crippen LogP) is 3.00. The van der Waals surface area contributed by atoms with Crippen LogP contribution in [0.2, 0.25) is 0 Å². The molecule has 0 aliphatic rings. The third-order valence-electron chi connectivity index (χ3n) is 3.58. The van der Waals surface area contributed by atoms with Crippen molar-refractivity contribution in [3.8, 4) is 0 Å². The summed E-state index contributed by atoms with van der Waals surface area (Å²) in [5, 5.41) is 11.4. The highest BCUT2D eigenvalue weighted by Crippen LogP contribution is 2.10. The molecule has 0 unspecified atom stereocenters. The molecular weight excluding hydrogens is 266 g/mol. The summed E-state index contributed by atoms with van der Waals surface area (Å²) in [6.45, 7) is 4.77. The van der Waals surface area contributed by atoms with E-state index in [0.29, 0.717) is 19.4 Å². The van der Waals surface area contributed by atoms with Crippen molar-refractivity contribution >= 4 is 11.9 Å². The number of aryl methyl sites for hydroxylation is 2. The lowest BCUT2D eigenvalue weighted by atomic mass is 10.0. The summed E-state index contributed by atoms with van der Waals surface area (Å²) in [5.41, 5.74) is 3.48. The molecule has 1 aromatic rings. The molecule has 2 N–H and O–H groups in total. The fourth-order valence-electron chi connectivity index (χ4n) is 2.14. The van der Waals surface area contributed by atoms with Crippen molar-refractivity contribution in [3.05, 3.63) is 34.9 Å². The zero-order chi connectivity index (χ0) is 15.7. The number of nitrogens with one attached hydrogen (secondary N) is 1. The van der Waals surface area contributed by atoms with E-state index < -0.39 is 5.97 Å². The lowest BCUT2D eigenvalue weighted by Crippen LogP contribution is -2.26. The second kappa shape index (κ2) is 9.16. The molecule has 1 aromatic carbocycles. The SMILES string of the molecule is Cc1ccc(CC(=O)NCCCCCCC(=O)O)cc1C. The van der Waals surface area contributed by atoms with Gasteiger partial charge < -0.3 is 10.4 Å². The Morgan fingerprint density at radius 3 is 2.43 bits per heavy atom. The normalized spacial score (nSPS) is 10.4. The topological polar surface area (TPSA) is 66.4 Å². The Kier molecular flexibility index (Phi) is 7.51. The van der Waals surface area contributed by atoms with Gasteiger partial charge in [0.2, 0.25) is 5.91 Å². The standard InChI is InChI=1S/C17H25NO3/c1-13-8-9-15(11-14(13)2)12-16(19)18-10-6-4-3-5-7-17(20)21/h8-9,11H,3-7,10,12H2,1-2H3,(H,18,19)(H,20,21). The Morgan fingerprint density at radius 2 is 1.76 bits per heavy atom. The first-order valence-corrected chi connectivity index (χ1v) is 7.53. The molecule has 0 aliphatic heterocycles. The summed E-state index contributed by atoms with van der Waals surface area (Å²) < 4.78 is 0. The Morgan fingerprint density at radius 1 is 1.05 bits per heavy atom. The van der Waals surface area contributed by atoms with Crippen LogP contribution in [0.15, 0.2) is 18.2 Å². The Balaban J connectivity index is 2.14. The van der Waals surface area contributed by atoms with Gasteiger partial charge in [-0.2, -0.15) is 0 Å². The zero-order valence-electron chi connectivity index (χ0n) is 12.9. The van der Waals surface area contributed by atoms with E-state index in [4.69, 9.17) is 5.11 Å². The van der Waals surface area contributed by atoms with E-state index in [1.807, 2.05) is 19.1 Å². The molecule has 116 valence electrons. The van der Waals surface area contributed by atoms with Crippen LogP contribution in [0.3, 0.4) is 0 Å². The van der Waals surface area contributed by atoms with Gasteiger partial charge in [0.15, 0.2) is 0 Å². The lowest BCUT2D eigenvalue weighted by Gasteiger charge is -2.07. The fraction of sp³-hybridized carbons (Fsp3) is 0.529. The number of carbonyl (C=O) groups is 2. The van der Waals surface area contributed by atoms with Crippen molar-refractivity contribution in [2.45, 2.75) is 52.4 Å². The molecule has 4 heteroatoms. The molecule has 0 radical (unpaired) electrons. The molecule has 0 saturated carbocycles. The highest BCUT2D eigenvalue weighted by molar-refractivity contribution is 5.78. The number of hydrogen-bond donors (Lipinski definition) is 2. The van der Waals surface area contributed by atoms with Gasteiger partial charge in [-0.05, 0) is 43.4 Å². The minimum absolute atomic E-state index is 0.0452. The molecule has 0 saturated heterocycles. The van der Waals surface area contributed by atoms with E-state index in [9.17, 15) is 9.59 Å². The van der Waals surface area contributed by atoms with Gasteiger partial charge in [-0.15, -0.1) is 0 Å². The van der Waals surface area contributed by atoms with Crippen molar-refractivity contribution in [2.75, 3.05) is 6.54 Å². The molecule has 1 rings (SSSR count). The Bertz CT molecular complexity index is 483. The van der Waals surface area contributed by atoms with E-state index in [2.05, 4.69) is 18.3 Å². The van der Waals surface area contributed by atoms with Crippen molar-refractivity contribution in [3.63, 3.8) is 0 Å². The number of aliphatic carboxylic acids is 1. The summed E-state index contributed by atoms with van der Waals surface area (Å²) in [6.07, 6.45) is 4.13. The molecule has 0 aliphatic carbocycles. The van der Waals surface area contributed by atoms with Crippen LogP contribution in [-0.2, 0) is 16.0 Å². The Hall–Kier alpha value is -1.84. The van der Waals surface area contributed by atoms with Crippen LogP contribution in [0.1, 0.15) is 48.8 Å². The number of unbranched alkanes of at least 4 members (excludes halogenated alkanes) is 3.